The second-order valence-electron chi connectivity index (χ2n) is 5.75. The van der Waals surface area contributed by atoms with Crippen molar-refractivity contribution in [3.05, 3.63) is 41.2 Å². The molecule has 1 aliphatic heterocycles. The Hall–Kier alpha value is -2.35. The number of carbonyl (C=O) groups is 1. The maximum absolute atomic E-state index is 12.4. The molecular weight excluding hydrogens is 330 g/mol. The van der Waals surface area contributed by atoms with Crippen molar-refractivity contribution in [2.45, 2.75) is 24.8 Å². The summed E-state index contributed by atoms with van der Waals surface area (Å²) in [6.45, 7) is 2.56. The van der Waals surface area contributed by atoms with Gasteiger partial charge in [-0.2, -0.15) is 5.10 Å². The Morgan fingerprint density at radius 3 is 2.71 bits per heavy atom. The van der Waals surface area contributed by atoms with Crippen LogP contribution in [-0.4, -0.2) is 41.6 Å². The van der Waals surface area contributed by atoms with Crippen molar-refractivity contribution in [1.82, 2.24) is 9.78 Å². The summed E-state index contributed by atoms with van der Waals surface area (Å²) in [5.41, 5.74) is 2.19. The number of hydrogen-bond acceptors (Lipinski definition) is 5. The molecule has 128 valence electrons. The van der Waals surface area contributed by atoms with Crippen LogP contribution in [0, 0.1) is 0 Å². The SMILES string of the molecule is CCS(=O)(=O)c1ccccc1N1CCc2c(c(C(=O)O)nn2C)C1. The van der Waals surface area contributed by atoms with Gasteiger partial charge in [-0.05, 0) is 12.1 Å². The molecule has 1 aliphatic rings. The van der Waals surface area contributed by atoms with Crippen molar-refractivity contribution < 1.29 is 18.3 Å². The molecule has 7 nitrogen and oxygen atoms in total. The number of anilines is 1. The maximum atomic E-state index is 12.4. The maximum Gasteiger partial charge on any atom is 0.356 e. The lowest BCUT2D eigenvalue weighted by molar-refractivity contribution is 0.0688. The van der Waals surface area contributed by atoms with Crippen LogP contribution in [0.1, 0.15) is 28.7 Å². The topological polar surface area (TPSA) is 92.5 Å². The molecule has 0 amide bonds. The van der Waals surface area contributed by atoms with Crippen LogP contribution in [0.5, 0.6) is 0 Å². The fourth-order valence-electron chi connectivity index (χ4n) is 3.11. The van der Waals surface area contributed by atoms with E-state index in [4.69, 9.17) is 0 Å². The van der Waals surface area contributed by atoms with E-state index in [1.165, 1.54) is 0 Å². The number of carboxylic acid groups (broad SMARTS) is 1. The number of nitrogens with zero attached hydrogens (tertiary/aromatic N) is 3. The molecule has 0 spiro atoms. The highest BCUT2D eigenvalue weighted by Crippen LogP contribution is 2.31. The minimum Gasteiger partial charge on any atom is -0.476 e. The lowest BCUT2D eigenvalue weighted by Crippen LogP contribution is -2.32. The van der Waals surface area contributed by atoms with E-state index in [0.29, 0.717) is 30.8 Å². The Kier molecular flexibility index (Phi) is 4.08. The largest absolute Gasteiger partial charge is 0.476 e. The molecule has 1 N–H and O–H groups in total. The molecule has 2 heterocycles. The molecule has 3 rings (SSSR count). The summed E-state index contributed by atoms with van der Waals surface area (Å²) in [4.78, 5) is 13.6. The summed E-state index contributed by atoms with van der Waals surface area (Å²) in [6.07, 6.45) is 0.618. The van der Waals surface area contributed by atoms with E-state index in [1.54, 1.807) is 42.9 Å². The van der Waals surface area contributed by atoms with E-state index in [9.17, 15) is 18.3 Å². The number of aryl methyl sites for hydroxylation is 1. The molecule has 0 unspecified atom stereocenters. The van der Waals surface area contributed by atoms with E-state index in [-0.39, 0.29) is 16.3 Å². The number of aromatic nitrogens is 2. The molecular formula is C16H19N3O4S. The number of fused-ring (bicyclic) bond motifs is 1. The van der Waals surface area contributed by atoms with E-state index in [2.05, 4.69) is 5.10 Å². The quantitative estimate of drug-likeness (QED) is 0.899. The highest BCUT2D eigenvalue weighted by molar-refractivity contribution is 7.91. The Balaban J connectivity index is 2.05. The van der Waals surface area contributed by atoms with Crippen LogP contribution in [-0.2, 0) is 29.9 Å². The second kappa shape index (κ2) is 5.94. The van der Waals surface area contributed by atoms with Gasteiger partial charge in [-0.15, -0.1) is 0 Å². The molecule has 0 bridgehead atoms. The third-order valence-corrected chi connectivity index (χ3v) is 6.14. The van der Waals surface area contributed by atoms with Gasteiger partial charge in [0.15, 0.2) is 15.5 Å². The molecule has 2 aromatic rings. The molecule has 1 aromatic heterocycles. The van der Waals surface area contributed by atoms with Crippen molar-refractivity contribution >= 4 is 21.5 Å². The average Bonchev–Trinajstić information content (AvgIpc) is 2.91. The monoisotopic (exact) mass is 349 g/mol. The van der Waals surface area contributed by atoms with Gasteiger partial charge in [0.2, 0.25) is 0 Å². The smallest absolute Gasteiger partial charge is 0.356 e. The van der Waals surface area contributed by atoms with Crippen LogP contribution in [0.2, 0.25) is 0 Å². The van der Waals surface area contributed by atoms with Gasteiger partial charge in [-0.1, -0.05) is 19.1 Å². The molecule has 0 radical (unpaired) electrons. The third-order valence-electron chi connectivity index (χ3n) is 4.37. The van der Waals surface area contributed by atoms with Crippen molar-refractivity contribution in [2.75, 3.05) is 17.2 Å². The van der Waals surface area contributed by atoms with Crippen LogP contribution >= 0.6 is 0 Å². The summed E-state index contributed by atoms with van der Waals surface area (Å²) in [5.74, 6) is -1.04. The zero-order valence-corrected chi connectivity index (χ0v) is 14.4. The Morgan fingerprint density at radius 2 is 2.04 bits per heavy atom. The van der Waals surface area contributed by atoms with Crippen LogP contribution in [0.15, 0.2) is 29.2 Å². The van der Waals surface area contributed by atoms with Gasteiger partial charge in [0.1, 0.15) is 0 Å². The summed E-state index contributed by atoms with van der Waals surface area (Å²) < 4.78 is 26.3. The first kappa shape index (κ1) is 16.5. The van der Waals surface area contributed by atoms with Crippen LogP contribution < -0.4 is 4.90 Å². The lowest BCUT2D eigenvalue weighted by Gasteiger charge is -2.30. The molecule has 0 saturated carbocycles. The molecule has 0 aliphatic carbocycles. The molecule has 24 heavy (non-hydrogen) atoms. The van der Waals surface area contributed by atoms with E-state index in [0.717, 1.165) is 5.69 Å². The Labute approximate surface area is 140 Å². The first-order chi connectivity index (χ1) is 11.3. The lowest BCUT2D eigenvalue weighted by atomic mass is 10.0. The van der Waals surface area contributed by atoms with Gasteiger partial charge in [0.25, 0.3) is 0 Å². The number of sulfone groups is 1. The Morgan fingerprint density at radius 1 is 1.33 bits per heavy atom. The summed E-state index contributed by atoms with van der Waals surface area (Å²) in [6, 6.07) is 6.87. The number of carboxylic acids is 1. The summed E-state index contributed by atoms with van der Waals surface area (Å²) in [5, 5.41) is 13.4. The highest BCUT2D eigenvalue weighted by Gasteiger charge is 2.29. The van der Waals surface area contributed by atoms with Gasteiger partial charge in [0, 0.05) is 37.8 Å². The number of aromatic carboxylic acids is 1. The van der Waals surface area contributed by atoms with Gasteiger partial charge in [-0.3, -0.25) is 4.68 Å². The van der Waals surface area contributed by atoms with Gasteiger partial charge in [0.05, 0.1) is 16.3 Å². The summed E-state index contributed by atoms with van der Waals surface area (Å²) >= 11 is 0. The van der Waals surface area contributed by atoms with Gasteiger partial charge < -0.3 is 10.0 Å². The second-order valence-corrected chi connectivity index (χ2v) is 7.99. The van der Waals surface area contributed by atoms with E-state index >= 15 is 0 Å². The first-order valence-electron chi connectivity index (χ1n) is 7.70. The molecule has 8 heteroatoms. The summed E-state index contributed by atoms with van der Waals surface area (Å²) in [7, 11) is -1.62. The minimum atomic E-state index is -3.36. The number of para-hydroxylation sites is 1. The minimum absolute atomic E-state index is 0.0242. The Bertz CT molecular complexity index is 902. The fraction of sp³-hybridized carbons (Fsp3) is 0.375. The van der Waals surface area contributed by atoms with Gasteiger partial charge >= 0.3 is 5.97 Å². The van der Waals surface area contributed by atoms with Crippen LogP contribution in [0.3, 0.4) is 0 Å². The normalized spacial score (nSPS) is 14.5. The van der Waals surface area contributed by atoms with Crippen molar-refractivity contribution in [1.29, 1.82) is 0 Å². The average molecular weight is 349 g/mol. The van der Waals surface area contributed by atoms with Crippen molar-refractivity contribution in [2.24, 2.45) is 7.05 Å². The first-order valence-corrected chi connectivity index (χ1v) is 9.35. The zero-order valence-electron chi connectivity index (χ0n) is 13.6. The number of hydrogen-bond donors (Lipinski definition) is 1. The number of benzene rings is 1. The van der Waals surface area contributed by atoms with Crippen molar-refractivity contribution in [3.63, 3.8) is 0 Å². The van der Waals surface area contributed by atoms with E-state index < -0.39 is 15.8 Å². The standard InChI is InChI=1S/C16H19N3O4S/c1-3-24(22,23)14-7-5-4-6-13(14)19-9-8-12-11(10-19)15(16(20)21)17-18(12)2/h4-7H,3,8-10H2,1-2H3,(H,20,21). The highest BCUT2D eigenvalue weighted by atomic mass is 32.2. The molecule has 1 aromatic carbocycles. The van der Waals surface area contributed by atoms with Crippen molar-refractivity contribution in [3.8, 4) is 0 Å². The zero-order chi connectivity index (χ0) is 17.5. The molecule has 0 fully saturated rings. The number of rotatable bonds is 4. The molecule has 0 saturated heterocycles. The third kappa shape index (κ3) is 2.66. The van der Waals surface area contributed by atoms with Crippen LogP contribution in [0.25, 0.3) is 0 Å². The predicted molar refractivity (Wildman–Crippen MR) is 89.1 cm³/mol. The van der Waals surface area contributed by atoms with Gasteiger partial charge in [-0.25, -0.2) is 13.2 Å². The van der Waals surface area contributed by atoms with Crippen LogP contribution in [0.4, 0.5) is 5.69 Å². The predicted octanol–water partition coefficient (Wildman–Crippen LogP) is 1.47. The molecule has 0 atom stereocenters. The van der Waals surface area contributed by atoms with E-state index in [1.807, 2.05) is 4.90 Å². The fourth-order valence-corrected chi connectivity index (χ4v) is 4.22.